The summed E-state index contributed by atoms with van der Waals surface area (Å²) in [6.07, 6.45) is 3.96. The third-order valence-corrected chi connectivity index (χ3v) is 4.62. The number of piperazine rings is 1. The van der Waals surface area contributed by atoms with Gasteiger partial charge in [0.2, 0.25) is 5.13 Å². The van der Waals surface area contributed by atoms with E-state index >= 15 is 0 Å². The second-order valence-electron chi connectivity index (χ2n) is 5.05. The molecule has 0 amide bonds. The molecule has 2 aliphatic rings. The Balaban J connectivity index is 1.58. The monoisotopic (exact) mass is 267 g/mol. The van der Waals surface area contributed by atoms with Crippen LogP contribution in [0, 0.1) is 0 Å². The molecule has 3 heterocycles. The van der Waals surface area contributed by atoms with E-state index in [1.807, 2.05) is 0 Å². The average molecular weight is 267 g/mol. The summed E-state index contributed by atoms with van der Waals surface area (Å²) in [5.74, 6) is 0. The summed E-state index contributed by atoms with van der Waals surface area (Å²) in [6.45, 7) is 7.71. The van der Waals surface area contributed by atoms with E-state index in [1.54, 1.807) is 11.3 Å². The second kappa shape index (κ2) is 5.95. The summed E-state index contributed by atoms with van der Waals surface area (Å²) < 4.78 is 0. The van der Waals surface area contributed by atoms with Gasteiger partial charge in [0.1, 0.15) is 5.01 Å². The molecule has 2 saturated heterocycles. The third kappa shape index (κ3) is 2.99. The maximum atomic E-state index is 4.36. The first-order valence-electron chi connectivity index (χ1n) is 6.92. The molecule has 0 unspecified atom stereocenters. The van der Waals surface area contributed by atoms with Crippen molar-refractivity contribution in [2.75, 3.05) is 44.2 Å². The molecule has 2 aliphatic heterocycles. The Labute approximate surface area is 112 Å². The first-order valence-corrected chi connectivity index (χ1v) is 7.74. The Morgan fingerprint density at radius 1 is 1.00 bits per heavy atom. The minimum absolute atomic E-state index is 0.965. The molecular formula is C12H21N5S. The van der Waals surface area contributed by atoms with Gasteiger partial charge in [-0.1, -0.05) is 11.3 Å². The summed E-state index contributed by atoms with van der Waals surface area (Å²) in [5.41, 5.74) is 0. The van der Waals surface area contributed by atoms with Gasteiger partial charge in [-0.3, -0.25) is 4.90 Å². The SMILES string of the molecule is C1CCN(c2nnc(CN3CCNCC3)s2)CC1. The van der Waals surface area contributed by atoms with Crippen LogP contribution in [0.1, 0.15) is 24.3 Å². The highest BCUT2D eigenvalue weighted by Gasteiger charge is 2.17. The quantitative estimate of drug-likeness (QED) is 0.883. The van der Waals surface area contributed by atoms with Gasteiger partial charge in [-0.15, -0.1) is 10.2 Å². The van der Waals surface area contributed by atoms with Crippen molar-refractivity contribution in [2.45, 2.75) is 25.8 Å². The van der Waals surface area contributed by atoms with Crippen LogP contribution >= 0.6 is 11.3 Å². The van der Waals surface area contributed by atoms with E-state index in [1.165, 1.54) is 19.3 Å². The summed E-state index contributed by atoms with van der Waals surface area (Å²) in [7, 11) is 0. The van der Waals surface area contributed by atoms with Crippen LogP contribution in [0.25, 0.3) is 0 Å². The van der Waals surface area contributed by atoms with Crippen molar-refractivity contribution in [1.82, 2.24) is 20.4 Å². The van der Waals surface area contributed by atoms with Crippen LogP contribution in [-0.2, 0) is 6.54 Å². The molecule has 0 atom stereocenters. The van der Waals surface area contributed by atoms with E-state index in [4.69, 9.17) is 0 Å². The van der Waals surface area contributed by atoms with E-state index in [-0.39, 0.29) is 0 Å². The molecule has 6 heteroatoms. The molecule has 5 nitrogen and oxygen atoms in total. The van der Waals surface area contributed by atoms with E-state index in [0.717, 1.165) is 56.0 Å². The van der Waals surface area contributed by atoms with Crippen molar-refractivity contribution in [3.63, 3.8) is 0 Å². The number of aromatic nitrogens is 2. The molecule has 2 fully saturated rings. The fourth-order valence-corrected chi connectivity index (χ4v) is 3.52. The highest BCUT2D eigenvalue weighted by molar-refractivity contribution is 7.15. The zero-order chi connectivity index (χ0) is 12.2. The largest absolute Gasteiger partial charge is 0.347 e. The van der Waals surface area contributed by atoms with Crippen LogP contribution in [0.2, 0.25) is 0 Å². The molecule has 18 heavy (non-hydrogen) atoms. The third-order valence-electron chi connectivity index (χ3n) is 3.65. The predicted octanol–water partition coefficient (Wildman–Crippen LogP) is 0.934. The number of nitrogens with one attached hydrogen (secondary N) is 1. The molecule has 0 bridgehead atoms. The average Bonchev–Trinajstić information content (AvgIpc) is 2.89. The molecule has 0 saturated carbocycles. The number of hydrogen-bond donors (Lipinski definition) is 1. The normalized spacial score (nSPS) is 22.3. The van der Waals surface area contributed by atoms with E-state index in [0.29, 0.717) is 0 Å². The van der Waals surface area contributed by atoms with Crippen molar-refractivity contribution in [3.05, 3.63) is 5.01 Å². The Bertz CT molecular complexity index is 368. The Hall–Kier alpha value is -0.720. The fraction of sp³-hybridized carbons (Fsp3) is 0.833. The van der Waals surface area contributed by atoms with Gasteiger partial charge in [0.05, 0.1) is 6.54 Å². The maximum absolute atomic E-state index is 4.36. The van der Waals surface area contributed by atoms with Crippen molar-refractivity contribution in [3.8, 4) is 0 Å². The van der Waals surface area contributed by atoms with Gasteiger partial charge < -0.3 is 10.2 Å². The lowest BCUT2D eigenvalue weighted by Gasteiger charge is -2.26. The van der Waals surface area contributed by atoms with Gasteiger partial charge in [-0.25, -0.2) is 0 Å². The molecule has 0 spiro atoms. The summed E-state index contributed by atoms with van der Waals surface area (Å²) in [5, 5.41) is 14.4. The van der Waals surface area contributed by atoms with Crippen molar-refractivity contribution >= 4 is 16.5 Å². The number of anilines is 1. The molecule has 3 rings (SSSR count). The zero-order valence-corrected chi connectivity index (χ0v) is 11.6. The number of rotatable bonds is 3. The van der Waals surface area contributed by atoms with Crippen LogP contribution in [-0.4, -0.2) is 54.4 Å². The molecule has 1 N–H and O–H groups in total. The molecule has 1 aromatic rings. The van der Waals surface area contributed by atoms with Crippen LogP contribution < -0.4 is 10.2 Å². The topological polar surface area (TPSA) is 44.3 Å². The minimum atomic E-state index is 0.965. The van der Waals surface area contributed by atoms with E-state index in [9.17, 15) is 0 Å². The van der Waals surface area contributed by atoms with Crippen LogP contribution in [0.5, 0.6) is 0 Å². The lowest BCUT2D eigenvalue weighted by Crippen LogP contribution is -2.42. The van der Waals surface area contributed by atoms with E-state index < -0.39 is 0 Å². The highest BCUT2D eigenvalue weighted by atomic mass is 32.1. The van der Waals surface area contributed by atoms with Crippen LogP contribution in [0.4, 0.5) is 5.13 Å². The summed E-state index contributed by atoms with van der Waals surface area (Å²) >= 11 is 1.77. The van der Waals surface area contributed by atoms with Crippen molar-refractivity contribution in [2.24, 2.45) is 0 Å². The van der Waals surface area contributed by atoms with Gasteiger partial charge in [0, 0.05) is 39.3 Å². The smallest absolute Gasteiger partial charge is 0.208 e. The van der Waals surface area contributed by atoms with Gasteiger partial charge >= 0.3 is 0 Å². The van der Waals surface area contributed by atoms with Crippen molar-refractivity contribution in [1.29, 1.82) is 0 Å². The fourth-order valence-electron chi connectivity index (χ4n) is 2.58. The number of nitrogens with zero attached hydrogens (tertiary/aromatic N) is 4. The molecule has 0 aliphatic carbocycles. The van der Waals surface area contributed by atoms with Gasteiger partial charge in [-0.2, -0.15) is 0 Å². The highest BCUT2D eigenvalue weighted by Crippen LogP contribution is 2.24. The summed E-state index contributed by atoms with van der Waals surface area (Å²) in [6, 6.07) is 0. The van der Waals surface area contributed by atoms with Gasteiger partial charge in [0.25, 0.3) is 0 Å². The Kier molecular flexibility index (Phi) is 4.07. The first-order chi connectivity index (χ1) is 8.92. The van der Waals surface area contributed by atoms with Crippen LogP contribution in [0.3, 0.4) is 0 Å². The molecule has 100 valence electrons. The van der Waals surface area contributed by atoms with Crippen LogP contribution in [0.15, 0.2) is 0 Å². The van der Waals surface area contributed by atoms with Gasteiger partial charge in [-0.05, 0) is 19.3 Å². The number of piperidine rings is 1. The minimum Gasteiger partial charge on any atom is -0.347 e. The van der Waals surface area contributed by atoms with E-state index in [2.05, 4.69) is 25.3 Å². The lowest BCUT2D eigenvalue weighted by molar-refractivity contribution is 0.232. The maximum Gasteiger partial charge on any atom is 0.208 e. The first kappa shape index (κ1) is 12.3. The Morgan fingerprint density at radius 2 is 1.78 bits per heavy atom. The lowest BCUT2D eigenvalue weighted by atomic mass is 10.1. The summed E-state index contributed by atoms with van der Waals surface area (Å²) in [4.78, 5) is 4.85. The molecular weight excluding hydrogens is 246 g/mol. The molecule has 1 aromatic heterocycles. The molecule has 0 aromatic carbocycles. The predicted molar refractivity (Wildman–Crippen MR) is 74.1 cm³/mol. The second-order valence-corrected chi connectivity index (χ2v) is 6.09. The zero-order valence-electron chi connectivity index (χ0n) is 10.8. The van der Waals surface area contributed by atoms with Crippen molar-refractivity contribution < 1.29 is 0 Å². The standard InChI is InChI=1S/C12H21N5S/c1-2-6-17(7-3-1)12-15-14-11(18-12)10-16-8-4-13-5-9-16/h13H,1-10H2. The molecule has 0 radical (unpaired) electrons. The van der Waals surface area contributed by atoms with Gasteiger partial charge in [0.15, 0.2) is 0 Å². The number of hydrogen-bond acceptors (Lipinski definition) is 6. The Morgan fingerprint density at radius 3 is 2.56 bits per heavy atom.